The maximum atomic E-state index is 13.3. The van der Waals surface area contributed by atoms with Crippen molar-refractivity contribution >= 4 is 53.0 Å². The Morgan fingerprint density at radius 1 is 0.754 bits per heavy atom. The van der Waals surface area contributed by atoms with Crippen LogP contribution in [0.4, 0.5) is 0 Å². The number of Topliss-reactive ketones (excluding diaryl/α,β-unsaturated/α-hetero) is 2. The van der Waals surface area contributed by atoms with Crippen molar-refractivity contribution in [3.05, 3.63) is 35.9 Å². The van der Waals surface area contributed by atoms with Gasteiger partial charge in [0.1, 0.15) is 36.3 Å². The minimum Gasteiger partial charge on any atom is -0.480 e. The van der Waals surface area contributed by atoms with Crippen LogP contribution in [0.5, 0.6) is 0 Å². The molecule has 0 aliphatic carbocycles. The van der Waals surface area contributed by atoms with Crippen LogP contribution in [0.15, 0.2) is 30.3 Å². The Hall–Kier alpha value is -5.47. The first kappa shape index (κ1) is 53.5. The molecule has 0 radical (unpaired) electrons. The molecule has 24 heteroatoms. The molecular formula is C37H60N10O14. The lowest BCUT2D eigenvalue weighted by Crippen LogP contribution is -2.61. The summed E-state index contributed by atoms with van der Waals surface area (Å²) in [6, 6.07) is -1.31. The first-order valence-electron chi connectivity index (χ1n) is 19.4. The Morgan fingerprint density at radius 2 is 1.36 bits per heavy atom. The van der Waals surface area contributed by atoms with Gasteiger partial charge in [0.2, 0.25) is 47.0 Å². The van der Waals surface area contributed by atoms with Gasteiger partial charge in [-0.2, -0.15) is 0 Å². The maximum absolute atomic E-state index is 13.3. The number of unbranched alkanes of at least 4 members (excludes halogenated alkanes) is 1. The molecule has 0 aliphatic rings. The van der Waals surface area contributed by atoms with E-state index in [4.69, 9.17) is 17.2 Å². The molecule has 0 spiro atoms. The fourth-order valence-electron chi connectivity index (χ4n) is 5.55. The van der Waals surface area contributed by atoms with E-state index in [1.165, 1.54) is 0 Å². The van der Waals surface area contributed by atoms with Gasteiger partial charge in [0.15, 0.2) is 0 Å². The monoisotopic (exact) mass is 868 g/mol. The zero-order valence-corrected chi connectivity index (χ0v) is 34.1. The van der Waals surface area contributed by atoms with Gasteiger partial charge in [-0.05, 0) is 31.7 Å². The van der Waals surface area contributed by atoms with Crippen molar-refractivity contribution in [3.63, 3.8) is 0 Å². The number of hydrogen-bond donors (Lipinski definition) is 14. The van der Waals surface area contributed by atoms with Gasteiger partial charge in [0.25, 0.3) is 0 Å². The summed E-state index contributed by atoms with van der Waals surface area (Å²) in [4.78, 5) is 114. The number of carbonyl (C=O) groups excluding carboxylic acids is 8. The number of carbonyl (C=O) groups is 9. The van der Waals surface area contributed by atoms with Gasteiger partial charge < -0.3 is 68.9 Å². The molecule has 61 heavy (non-hydrogen) atoms. The summed E-state index contributed by atoms with van der Waals surface area (Å²) in [5, 5.41) is 58.3. The van der Waals surface area contributed by atoms with Crippen LogP contribution in [0, 0.1) is 0 Å². The molecule has 1 aromatic rings. The van der Waals surface area contributed by atoms with Crippen molar-refractivity contribution in [2.24, 2.45) is 17.2 Å². The van der Waals surface area contributed by atoms with E-state index >= 15 is 0 Å². The largest absolute Gasteiger partial charge is 0.480 e. The molecule has 0 saturated heterocycles. The molecule has 0 aliphatic heterocycles. The van der Waals surface area contributed by atoms with Gasteiger partial charge >= 0.3 is 5.97 Å². The number of nitrogens with two attached hydrogens (primary N) is 3. The molecule has 6 amide bonds. The first-order chi connectivity index (χ1) is 28.8. The summed E-state index contributed by atoms with van der Waals surface area (Å²) >= 11 is 0. The highest BCUT2D eigenvalue weighted by Gasteiger charge is 2.38. The van der Waals surface area contributed by atoms with Gasteiger partial charge in [-0.15, -0.1) is 0 Å². The molecule has 1 aromatic carbocycles. The number of primary amides is 1. The summed E-state index contributed by atoms with van der Waals surface area (Å²) in [5.41, 5.74) is 21.8. The van der Waals surface area contributed by atoms with E-state index in [1.807, 2.05) is 0 Å². The lowest BCUT2D eigenvalue weighted by Gasteiger charge is -2.32. The first-order valence-corrected chi connectivity index (χ1v) is 19.4. The number of hydrogen-bond acceptors (Lipinski definition) is 17. The number of carboxylic acids is 1. The molecule has 0 aromatic heterocycles. The van der Waals surface area contributed by atoms with Gasteiger partial charge in [0, 0.05) is 45.4 Å². The van der Waals surface area contributed by atoms with Crippen molar-refractivity contribution < 1.29 is 68.7 Å². The quantitative estimate of drug-likeness (QED) is 0.0187. The normalized spacial score (nSPS) is 15.0. The maximum Gasteiger partial charge on any atom is 0.322 e. The van der Waals surface area contributed by atoms with Crippen LogP contribution in [-0.4, -0.2) is 171 Å². The summed E-state index contributed by atoms with van der Waals surface area (Å²) in [6.07, 6.45) is -2.18. The van der Waals surface area contributed by atoms with Crippen LogP contribution in [-0.2, 0) is 49.6 Å². The third kappa shape index (κ3) is 19.6. The minimum atomic E-state index is -1.98. The number of nitrogens with one attached hydrogen (secondary N) is 6. The lowest BCUT2D eigenvalue weighted by molar-refractivity contribution is -0.145. The molecule has 8 atom stereocenters. The van der Waals surface area contributed by atoms with E-state index in [0.29, 0.717) is 12.8 Å². The Kier molecular flexibility index (Phi) is 24.7. The molecule has 1 rings (SSSR count). The number of ketones is 2. The number of aliphatic carboxylic acids is 1. The molecule has 0 fully saturated rings. The average molecular weight is 869 g/mol. The van der Waals surface area contributed by atoms with Gasteiger partial charge in [0.05, 0.1) is 32.3 Å². The SMILES string of the molecule is CC(=O)N(CC(N)CO)C(CC(N)=O)C(=O)N[C@H](C(=O)C(=O)[C@H](CO)NNC(CCC(=O)NCCCCNC(=O)C(Cc1ccccc1)NC(=O)C(N)CO)C(=O)O)[C@@H](C)O. The van der Waals surface area contributed by atoms with Crippen LogP contribution >= 0.6 is 0 Å². The van der Waals surface area contributed by atoms with Crippen molar-refractivity contribution in [1.29, 1.82) is 0 Å². The van der Waals surface area contributed by atoms with Crippen LogP contribution in [0.2, 0.25) is 0 Å². The van der Waals surface area contributed by atoms with Crippen LogP contribution in [0.1, 0.15) is 51.5 Å². The molecule has 5 unspecified atom stereocenters. The summed E-state index contributed by atoms with van der Waals surface area (Å²) in [5.74, 6) is -9.07. The Balaban J connectivity index is 2.74. The number of carboxylic acid groups (broad SMARTS) is 1. The predicted octanol–water partition coefficient (Wildman–Crippen LogP) is -6.85. The third-order valence-corrected chi connectivity index (χ3v) is 9.01. The second-order valence-electron chi connectivity index (χ2n) is 14.1. The molecular weight excluding hydrogens is 808 g/mol. The van der Waals surface area contributed by atoms with Crippen LogP contribution in [0.25, 0.3) is 0 Å². The highest BCUT2D eigenvalue weighted by molar-refractivity contribution is 6.41. The fourth-order valence-corrected chi connectivity index (χ4v) is 5.55. The van der Waals surface area contributed by atoms with Crippen LogP contribution < -0.4 is 49.3 Å². The van der Waals surface area contributed by atoms with Gasteiger partial charge in [-0.25, -0.2) is 10.9 Å². The Bertz CT molecular complexity index is 1640. The number of amides is 6. The minimum absolute atomic E-state index is 0.157. The molecule has 24 nitrogen and oxygen atoms in total. The van der Waals surface area contributed by atoms with E-state index in [-0.39, 0.29) is 32.4 Å². The Labute approximate surface area is 351 Å². The zero-order valence-electron chi connectivity index (χ0n) is 34.1. The zero-order chi connectivity index (χ0) is 46.2. The standard InChI is InChI=1S/C37H60N10O14/c1-20(51)31(44-36(59)28(15-29(40)53)47(21(2)52)16-23(38)17-48)33(56)32(55)27(19-50)46-45-25(37(60)61)10-11-30(54)41-12-6-7-13-42-35(58)26(43-34(57)24(39)18-49)14-22-8-4-3-5-9-22/h3-5,8-9,20,23-28,31,45-46,48-51H,6-7,10-19,38-39H2,1-2H3,(H2,40,53)(H,41,54)(H,42,58)(H,43,57)(H,44,59)(H,60,61)/t20-,23?,24?,25?,26?,27+,28?,31+/m1/s1. The summed E-state index contributed by atoms with van der Waals surface area (Å²) in [7, 11) is 0. The highest BCUT2D eigenvalue weighted by Crippen LogP contribution is 2.10. The molecule has 342 valence electrons. The van der Waals surface area contributed by atoms with Crippen molar-refractivity contribution in [2.45, 2.75) is 101 Å². The molecule has 0 saturated carbocycles. The molecule has 17 N–H and O–H groups in total. The Morgan fingerprint density at radius 3 is 1.89 bits per heavy atom. The number of benzene rings is 1. The second-order valence-corrected chi connectivity index (χ2v) is 14.1. The fraction of sp³-hybridized carbons (Fsp3) is 0.595. The van der Waals surface area contributed by atoms with E-state index in [0.717, 1.165) is 24.3 Å². The summed E-state index contributed by atoms with van der Waals surface area (Å²) in [6.45, 7) is -0.279. The lowest BCUT2D eigenvalue weighted by atomic mass is 9.98. The second kappa shape index (κ2) is 28.1. The van der Waals surface area contributed by atoms with E-state index in [2.05, 4.69) is 32.1 Å². The molecule has 0 bridgehead atoms. The smallest absolute Gasteiger partial charge is 0.322 e. The summed E-state index contributed by atoms with van der Waals surface area (Å²) < 4.78 is 0. The number of aliphatic hydroxyl groups is 4. The van der Waals surface area contributed by atoms with Crippen molar-refractivity contribution in [3.8, 4) is 0 Å². The third-order valence-electron chi connectivity index (χ3n) is 9.01. The van der Waals surface area contributed by atoms with Crippen LogP contribution in [0.3, 0.4) is 0 Å². The number of aliphatic hydroxyl groups excluding tert-OH is 4. The van der Waals surface area contributed by atoms with E-state index in [1.54, 1.807) is 30.3 Å². The van der Waals surface area contributed by atoms with Gasteiger partial charge in [-0.3, -0.25) is 43.2 Å². The number of nitrogens with zero attached hydrogens (tertiary/aromatic N) is 1. The van der Waals surface area contributed by atoms with Crippen molar-refractivity contribution in [2.75, 3.05) is 39.5 Å². The topological polar surface area (TPSA) is 408 Å². The molecule has 0 heterocycles. The van der Waals surface area contributed by atoms with E-state index < -0.39 is 134 Å². The average Bonchev–Trinajstić information content (AvgIpc) is 3.22. The van der Waals surface area contributed by atoms with Crippen molar-refractivity contribution in [1.82, 2.24) is 37.0 Å². The number of rotatable bonds is 31. The highest BCUT2D eigenvalue weighted by atomic mass is 16.4. The van der Waals surface area contributed by atoms with E-state index in [9.17, 15) is 68.7 Å². The number of hydrazine groups is 1. The predicted molar refractivity (Wildman–Crippen MR) is 214 cm³/mol. The van der Waals surface area contributed by atoms with Gasteiger partial charge in [-0.1, -0.05) is 30.3 Å².